The molecule has 0 saturated heterocycles. The lowest BCUT2D eigenvalue weighted by Gasteiger charge is -2.05. The van der Waals surface area contributed by atoms with E-state index in [9.17, 15) is 19.7 Å². The highest BCUT2D eigenvalue weighted by atomic mass is 35.5. The van der Waals surface area contributed by atoms with Crippen molar-refractivity contribution >= 4 is 46.2 Å². The van der Waals surface area contributed by atoms with E-state index in [0.717, 1.165) is 17.4 Å². The molecule has 0 radical (unpaired) electrons. The van der Waals surface area contributed by atoms with Crippen molar-refractivity contribution in [3.05, 3.63) is 55.2 Å². The topological polar surface area (TPSA) is 110 Å². The number of carbonyl (C=O) groups is 2. The lowest BCUT2D eigenvalue weighted by atomic mass is 10.1. The quantitative estimate of drug-likeness (QED) is 0.662. The van der Waals surface area contributed by atoms with Crippen LogP contribution in [0.15, 0.2) is 30.3 Å². The summed E-state index contributed by atoms with van der Waals surface area (Å²) >= 11 is 6.74. The van der Waals surface area contributed by atoms with Crippen LogP contribution in [-0.2, 0) is 0 Å². The van der Waals surface area contributed by atoms with Crippen LogP contribution in [0.5, 0.6) is 0 Å². The molecule has 1 amide bonds. The van der Waals surface area contributed by atoms with Gasteiger partial charge in [-0.2, -0.15) is 0 Å². The maximum Gasteiger partial charge on any atom is 0.335 e. The third-order valence-corrected chi connectivity index (χ3v) is 3.72. The standard InChI is InChI=1S/C12H7ClN2O5S/c13-10-4-3-9(21-10)11(16)14-7-2-1-6(12(17)18)5-8(7)15(19)20/h1-5H,(H,14,16)(H,17,18). The van der Waals surface area contributed by atoms with E-state index < -0.39 is 22.5 Å². The Balaban J connectivity index is 2.33. The Bertz CT molecular complexity index is 743. The van der Waals surface area contributed by atoms with Crippen molar-refractivity contribution in [2.75, 3.05) is 5.32 Å². The zero-order valence-corrected chi connectivity index (χ0v) is 11.8. The average molecular weight is 327 g/mol. The number of aromatic carboxylic acids is 1. The molecule has 2 N–H and O–H groups in total. The van der Waals surface area contributed by atoms with Crippen molar-refractivity contribution in [2.24, 2.45) is 0 Å². The Labute approximate surface area is 126 Å². The van der Waals surface area contributed by atoms with Crippen molar-refractivity contribution in [3.63, 3.8) is 0 Å². The van der Waals surface area contributed by atoms with Gasteiger partial charge in [-0.3, -0.25) is 14.9 Å². The summed E-state index contributed by atoms with van der Waals surface area (Å²) < 4.78 is 0.413. The minimum Gasteiger partial charge on any atom is -0.478 e. The number of carboxylic acid groups (broad SMARTS) is 1. The number of halogens is 1. The number of nitrogens with one attached hydrogen (secondary N) is 1. The molecule has 0 bridgehead atoms. The normalized spacial score (nSPS) is 10.1. The first-order chi connectivity index (χ1) is 9.88. The maximum atomic E-state index is 11.9. The molecule has 108 valence electrons. The fourth-order valence-corrected chi connectivity index (χ4v) is 2.48. The zero-order valence-electron chi connectivity index (χ0n) is 10.2. The Hall–Kier alpha value is -2.45. The predicted octanol–water partition coefficient (Wildman–Crippen LogP) is 3.26. The molecule has 0 spiro atoms. The van der Waals surface area contributed by atoms with E-state index in [2.05, 4.69) is 5.32 Å². The van der Waals surface area contributed by atoms with E-state index in [1.54, 1.807) is 0 Å². The predicted molar refractivity (Wildman–Crippen MR) is 77.3 cm³/mol. The molecule has 0 atom stereocenters. The highest BCUT2D eigenvalue weighted by Gasteiger charge is 2.20. The summed E-state index contributed by atoms with van der Waals surface area (Å²) in [5, 5.41) is 22.1. The second-order valence-electron chi connectivity index (χ2n) is 3.85. The van der Waals surface area contributed by atoms with Gasteiger partial charge in [-0.05, 0) is 24.3 Å². The molecule has 1 heterocycles. The van der Waals surface area contributed by atoms with Gasteiger partial charge >= 0.3 is 5.97 Å². The van der Waals surface area contributed by atoms with Crippen LogP contribution in [0.2, 0.25) is 4.34 Å². The number of anilines is 1. The SMILES string of the molecule is O=C(O)c1ccc(NC(=O)c2ccc(Cl)s2)c([N+](=O)[O-])c1. The highest BCUT2D eigenvalue weighted by molar-refractivity contribution is 7.18. The number of nitro benzene ring substituents is 1. The monoisotopic (exact) mass is 326 g/mol. The van der Waals surface area contributed by atoms with Crippen LogP contribution in [0, 0.1) is 10.1 Å². The molecule has 21 heavy (non-hydrogen) atoms. The third-order valence-electron chi connectivity index (χ3n) is 2.49. The number of hydrogen-bond acceptors (Lipinski definition) is 5. The van der Waals surface area contributed by atoms with Gasteiger partial charge in [-0.25, -0.2) is 4.79 Å². The van der Waals surface area contributed by atoms with Gasteiger partial charge in [0.2, 0.25) is 0 Å². The van der Waals surface area contributed by atoms with Crippen molar-refractivity contribution < 1.29 is 19.6 Å². The van der Waals surface area contributed by atoms with Gasteiger partial charge in [0, 0.05) is 6.07 Å². The van der Waals surface area contributed by atoms with Crippen LogP contribution in [-0.4, -0.2) is 21.9 Å². The zero-order chi connectivity index (χ0) is 15.6. The number of nitro groups is 1. The average Bonchev–Trinajstić information content (AvgIpc) is 2.85. The number of carbonyl (C=O) groups excluding carboxylic acids is 1. The van der Waals surface area contributed by atoms with Crippen LogP contribution >= 0.6 is 22.9 Å². The molecule has 0 aliphatic heterocycles. The smallest absolute Gasteiger partial charge is 0.335 e. The lowest BCUT2D eigenvalue weighted by Crippen LogP contribution is -2.12. The van der Waals surface area contributed by atoms with E-state index in [4.69, 9.17) is 16.7 Å². The van der Waals surface area contributed by atoms with Gasteiger partial charge < -0.3 is 10.4 Å². The Kier molecular flexibility index (Phi) is 4.20. The minimum absolute atomic E-state index is 0.0838. The van der Waals surface area contributed by atoms with E-state index in [1.807, 2.05) is 0 Å². The molecular weight excluding hydrogens is 320 g/mol. The van der Waals surface area contributed by atoms with Gasteiger partial charge in [0.15, 0.2) is 0 Å². The molecule has 2 rings (SSSR count). The third kappa shape index (κ3) is 3.36. The number of carboxylic acids is 1. The first kappa shape index (κ1) is 14.9. The number of nitrogens with zero attached hydrogens (tertiary/aromatic N) is 1. The Morgan fingerprint density at radius 2 is 2.00 bits per heavy atom. The first-order valence-corrected chi connectivity index (χ1v) is 6.66. The molecule has 0 unspecified atom stereocenters. The van der Waals surface area contributed by atoms with E-state index in [1.165, 1.54) is 24.3 Å². The molecule has 2 aromatic rings. The number of hydrogen-bond donors (Lipinski definition) is 2. The molecular formula is C12H7ClN2O5S. The van der Waals surface area contributed by atoms with Crippen LogP contribution in [0.1, 0.15) is 20.0 Å². The van der Waals surface area contributed by atoms with Crippen LogP contribution in [0.3, 0.4) is 0 Å². The molecule has 7 nitrogen and oxygen atoms in total. The molecule has 0 aliphatic rings. The molecule has 0 saturated carbocycles. The second-order valence-corrected chi connectivity index (χ2v) is 5.57. The van der Waals surface area contributed by atoms with Crippen LogP contribution in [0.4, 0.5) is 11.4 Å². The minimum atomic E-state index is -1.29. The number of rotatable bonds is 4. The highest BCUT2D eigenvalue weighted by Crippen LogP contribution is 2.28. The van der Waals surface area contributed by atoms with Gasteiger partial charge in [-0.1, -0.05) is 11.6 Å². The fourth-order valence-electron chi connectivity index (χ4n) is 1.54. The first-order valence-electron chi connectivity index (χ1n) is 5.47. The van der Waals surface area contributed by atoms with E-state index in [-0.39, 0.29) is 16.1 Å². The van der Waals surface area contributed by atoms with Gasteiger partial charge in [-0.15, -0.1) is 11.3 Å². The second kappa shape index (κ2) is 5.90. The summed E-state index contributed by atoms with van der Waals surface area (Å²) in [6.07, 6.45) is 0. The summed E-state index contributed by atoms with van der Waals surface area (Å²) in [6.45, 7) is 0. The van der Waals surface area contributed by atoms with E-state index in [0.29, 0.717) is 4.34 Å². The Morgan fingerprint density at radius 1 is 1.29 bits per heavy atom. The van der Waals surface area contributed by atoms with Crippen molar-refractivity contribution in [3.8, 4) is 0 Å². The van der Waals surface area contributed by atoms with Crippen molar-refractivity contribution in [1.29, 1.82) is 0 Å². The maximum absolute atomic E-state index is 11.9. The van der Waals surface area contributed by atoms with E-state index >= 15 is 0 Å². The molecule has 0 fully saturated rings. The lowest BCUT2D eigenvalue weighted by molar-refractivity contribution is -0.383. The summed E-state index contributed by atoms with van der Waals surface area (Å²) in [5.74, 6) is -1.85. The van der Waals surface area contributed by atoms with Crippen LogP contribution in [0.25, 0.3) is 0 Å². The fraction of sp³-hybridized carbons (Fsp3) is 0. The number of amides is 1. The van der Waals surface area contributed by atoms with Gasteiger partial charge in [0.05, 0.1) is 19.7 Å². The number of benzene rings is 1. The van der Waals surface area contributed by atoms with Crippen LogP contribution < -0.4 is 5.32 Å². The summed E-state index contributed by atoms with van der Waals surface area (Å²) in [7, 11) is 0. The molecule has 0 aliphatic carbocycles. The van der Waals surface area contributed by atoms with Crippen molar-refractivity contribution in [2.45, 2.75) is 0 Å². The molecule has 1 aromatic heterocycles. The summed E-state index contributed by atoms with van der Waals surface area (Å²) in [6, 6.07) is 6.25. The van der Waals surface area contributed by atoms with Crippen molar-refractivity contribution in [1.82, 2.24) is 0 Å². The Morgan fingerprint density at radius 3 is 2.52 bits per heavy atom. The molecule has 9 heteroatoms. The molecule has 1 aromatic carbocycles. The van der Waals surface area contributed by atoms with Gasteiger partial charge in [0.25, 0.3) is 11.6 Å². The summed E-state index contributed by atoms with van der Waals surface area (Å²) in [5.41, 5.74) is -0.815. The van der Waals surface area contributed by atoms with Gasteiger partial charge in [0.1, 0.15) is 5.69 Å². The summed E-state index contributed by atoms with van der Waals surface area (Å²) in [4.78, 5) is 33.2. The number of thiophene rings is 1. The largest absolute Gasteiger partial charge is 0.478 e.